The molecule has 1 atom stereocenters. The first kappa shape index (κ1) is 27.3. The predicted molar refractivity (Wildman–Crippen MR) is 159 cm³/mol. The third-order valence-electron chi connectivity index (χ3n) is 7.53. The summed E-state index contributed by atoms with van der Waals surface area (Å²) in [5.41, 5.74) is 5.61. The molecule has 1 aromatic carbocycles. The van der Waals surface area contributed by atoms with Crippen molar-refractivity contribution in [2.75, 3.05) is 49.6 Å². The molecule has 2 saturated heterocycles. The molecular formula is C29H41N7O2Si. The Labute approximate surface area is 232 Å². The third kappa shape index (κ3) is 6.67. The number of carbonyl (C=O) groups excluding carboxylic acids is 1. The molecule has 0 spiro atoms. The van der Waals surface area contributed by atoms with Gasteiger partial charge in [-0.1, -0.05) is 44.3 Å². The van der Waals surface area contributed by atoms with E-state index in [1.54, 1.807) is 0 Å². The minimum atomic E-state index is -1.35. The van der Waals surface area contributed by atoms with Crippen molar-refractivity contribution < 1.29 is 9.53 Å². The number of hydrogen-bond acceptors (Lipinski definition) is 6. The molecule has 0 radical (unpaired) electrons. The van der Waals surface area contributed by atoms with Gasteiger partial charge in [-0.05, 0) is 60.2 Å². The lowest BCUT2D eigenvalue weighted by atomic mass is 9.99. The summed E-state index contributed by atoms with van der Waals surface area (Å²) in [6.07, 6.45) is 5.11. The van der Waals surface area contributed by atoms with Gasteiger partial charge in [0.1, 0.15) is 11.5 Å². The fourth-order valence-corrected chi connectivity index (χ4v) is 6.43. The molecule has 2 aliphatic rings. The number of anilines is 2. The van der Waals surface area contributed by atoms with Gasteiger partial charge in [-0.2, -0.15) is 0 Å². The second-order valence-electron chi connectivity index (χ2n) is 12.0. The Morgan fingerprint density at radius 1 is 1.10 bits per heavy atom. The van der Waals surface area contributed by atoms with Crippen molar-refractivity contribution in [2.24, 2.45) is 5.92 Å². The number of aromatic nitrogens is 4. The highest BCUT2D eigenvalue weighted by Crippen LogP contribution is 2.33. The first-order valence-electron chi connectivity index (χ1n) is 14.1. The van der Waals surface area contributed by atoms with Crippen LogP contribution in [-0.2, 0) is 10.9 Å². The Morgan fingerprint density at radius 2 is 1.90 bits per heavy atom. The Kier molecular flexibility index (Phi) is 8.04. The van der Waals surface area contributed by atoms with E-state index in [-0.39, 0.29) is 6.03 Å². The van der Waals surface area contributed by atoms with Gasteiger partial charge in [-0.25, -0.2) is 9.78 Å². The number of aryl methyl sites for hydroxylation is 1. The number of nitrogens with zero attached hydrogens (tertiary/aromatic N) is 6. The second-order valence-corrected chi connectivity index (χ2v) is 17.5. The van der Waals surface area contributed by atoms with E-state index >= 15 is 0 Å². The van der Waals surface area contributed by atoms with Crippen LogP contribution in [0.1, 0.15) is 25.3 Å². The molecule has 9 nitrogen and oxygen atoms in total. The van der Waals surface area contributed by atoms with Gasteiger partial charge in [0.2, 0.25) is 0 Å². The molecule has 0 aliphatic carbocycles. The summed E-state index contributed by atoms with van der Waals surface area (Å²) in [6.45, 7) is 15.9. The van der Waals surface area contributed by atoms with Crippen molar-refractivity contribution in [1.29, 1.82) is 0 Å². The molecule has 2 fully saturated rings. The van der Waals surface area contributed by atoms with E-state index in [2.05, 4.69) is 78.3 Å². The largest absolute Gasteiger partial charge is 0.378 e. The Bertz CT molecular complexity index is 1310. The van der Waals surface area contributed by atoms with E-state index in [0.717, 1.165) is 84.8 Å². The number of urea groups is 1. The molecular weight excluding hydrogens is 506 g/mol. The fraction of sp³-hybridized carbons (Fsp3) is 0.517. The molecule has 2 aromatic heterocycles. The van der Waals surface area contributed by atoms with Gasteiger partial charge in [0.25, 0.3) is 0 Å². The monoisotopic (exact) mass is 547 g/mol. The number of amides is 2. The fourth-order valence-electron chi connectivity index (χ4n) is 5.30. The third-order valence-corrected chi connectivity index (χ3v) is 8.81. The standard InChI is InChI=1S/C29H41N7O2Si/c1-6-22-9-10-35(18-22)29(37)30-24-8-7-21(2)25(17-24)23-15-26(27-19-36(33-32-27)20-39(3,4)5)31-28(16-23)34-11-13-38-14-12-34/h7-8,15-17,19,22H,6,9-14,18,20H2,1-5H3,(H,30,37)/t22-/m1/s1. The van der Waals surface area contributed by atoms with Gasteiger partial charge in [0, 0.05) is 38.0 Å². The molecule has 5 rings (SSSR count). The molecule has 4 heterocycles. The van der Waals surface area contributed by atoms with Crippen LogP contribution in [0, 0.1) is 12.8 Å². The van der Waals surface area contributed by atoms with Crippen LogP contribution in [0.3, 0.4) is 0 Å². The molecule has 0 saturated carbocycles. The number of benzene rings is 1. The number of rotatable bonds is 7. The lowest BCUT2D eigenvalue weighted by molar-refractivity contribution is 0.122. The number of hydrogen-bond donors (Lipinski definition) is 1. The highest BCUT2D eigenvalue weighted by Gasteiger charge is 2.25. The van der Waals surface area contributed by atoms with Gasteiger partial charge in [-0.15, -0.1) is 5.10 Å². The maximum absolute atomic E-state index is 13.0. The maximum Gasteiger partial charge on any atom is 0.321 e. The average molecular weight is 548 g/mol. The van der Waals surface area contributed by atoms with Crippen LogP contribution in [0.5, 0.6) is 0 Å². The first-order valence-corrected chi connectivity index (χ1v) is 17.8. The molecule has 3 aromatic rings. The van der Waals surface area contributed by atoms with Crippen molar-refractivity contribution in [3.05, 3.63) is 42.1 Å². The number of morpholine rings is 1. The van der Waals surface area contributed by atoms with Crippen LogP contribution in [0.15, 0.2) is 36.5 Å². The zero-order chi connectivity index (χ0) is 27.6. The van der Waals surface area contributed by atoms with Crippen LogP contribution >= 0.6 is 0 Å². The number of likely N-dealkylation sites (tertiary alicyclic amines) is 1. The quantitative estimate of drug-likeness (QED) is 0.404. The van der Waals surface area contributed by atoms with Crippen molar-refractivity contribution >= 4 is 25.6 Å². The number of pyridine rings is 1. The van der Waals surface area contributed by atoms with Crippen molar-refractivity contribution in [3.63, 3.8) is 0 Å². The lowest BCUT2D eigenvalue weighted by Gasteiger charge is -2.28. The van der Waals surface area contributed by atoms with Gasteiger partial charge in [-0.3, -0.25) is 4.68 Å². The van der Waals surface area contributed by atoms with Crippen molar-refractivity contribution in [3.8, 4) is 22.5 Å². The normalized spacial score (nSPS) is 18.0. The Morgan fingerprint density at radius 3 is 2.62 bits per heavy atom. The van der Waals surface area contributed by atoms with Crippen LogP contribution in [-0.4, -0.2) is 78.4 Å². The molecule has 0 unspecified atom stereocenters. The van der Waals surface area contributed by atoms with Gasteiger partial charge >= 0.3 is 6.03 Å². The smallest absolute Gasteiger partial charge is 0.321 e. The number of carbonyl (C=O) groups is 1. The minimum absolute atomic E-state index is 0.0239. The summed E-state index contributed by atoms with van der Waals surface area (Å²) in [6, 6.07) is 10.3. The summed E-state index contributed by atoms with van der Waals surface area (Å²) in [7, 11) is -1.35. The van der Waals surface area contributed by atoms with Gasteiger partial charge in [0.05, 0.1) is 33.2 Å². The van der Waals surface area contributed by atoms with Crippen LogP contribution in [0.4, 0.5) is 16.3 Å². The van der Waals surface area contributed by atoms with E-state index in [9.17, 15) is 4.79 Å². The summed E-state index contributed by atoms with van der Waals surface area (Å²) >= 11 is 0. The molecule has 2 amide bonds. The summed E-state index contributed by atoms with van der Waals surface area (Å²) in [4.78, 5) is 22.2. The first-order chi connectivity index (χ1) is 18.7. The van der Waals surface area contributed by atoms with E-state index in [1.165, 1.54) is 0 Å². The molecule has 0 bridgehead atoms. The summed E-state index contributed by atoms with van der Waals surface area (Å²) in [5, 5.41) is 12.0. The predicted octanol–water partition coefficient (Wildman–Crippen LogP) is 5.29. The highest BCUT2D eigenvalue weighted by molar-refractivity contribution is 6.74. The molecule has 1 N–H and O–H groups in total. The molecule has 2 aliphatic heterocycles. The van der Waals surface area contributed by atoms with Crippen LogP contribution in [0.25, 0.3) is 22.5 Å². The zero-order valence-electron chi connectivity index (χ0n) is 23.9. The molecule has 39 heavy (non-hydrogen) atoms. The number of ether oxygens (including phenoxy) is 1. The SMILES string of the molecule is CC[C@@H]1CCN(C(=O)Nc2ccc(C)c(-c3cc(-c4cn(C[Si](C)(C)C)nn4)nc(N4CCOCC4)c3)c2)C1. The summed E-state index contributed by atoms with van der Waals surface area (Å²) in [5.74, 6) is 1.50. The molecule has 208 valence electrons. The van der Waals surface area contributed by atoms with Crippen molar-refractivity contribution in [2.45, 2.75) is 52.5 Å². The Balaban J connectivity index is 1.47. The topological polar surface area (TPSA) is 88.4 Å². The second kappa shape index (κ2) is 11.5. The van der Waals surface area contributed by atoms with Crippen LogP contribution in [0.2, 0.25) is 19.6 Å². The highest BCUT2D eigenvalue weighted by atomic mass is 28.3. The van der Waals surface area contributed by atoms with E-state index in [4.69, 9.17) is 9.72 Å². The van der Waals surface area contributed by atoms with E-state index < -0.39 is 8.07 Å². The minimum Gasteiger partial charge on any atom is -0.378 e. The average Bonchev–Trinajstić information content (AvgIpc) is 3.59. The lowest BCUT2D eigenvalue weighted by Crippen LogP contribution is -2.36. The zero-order valence-corrected chi connectivity index (χ0v) is 24.9. The van der Waals surface area contributed by atoms with Crippen LogP contribution < -0.4 is 10.2 Å². The Hall–Kier alpha value is -3.24. The maximum atomic E-state index is 13.0. The summed E-state index contributed by atoms with van der Waals surface area (Å²) < 4.78 is 7.54. The number of nitrogens with one attached hydrogen (secondary N) is 1. The van der Waals surface area contributed by atoms with E-state index in [0.29, 0.717) is 19.1 Å². The van der Waals surface area contributed by atoms with Crippen molar-refractivity contribution in [1.82, 2.24) is 24.9 Å². The van der Waals surface area contributed by atoms with Gasteiger partial charge < -0.3 is 19.9 Å². The van der Waals surface area contributed by atoms with Gasteiger partial charge in [0.15, 0.2) is 0 Å². The molecule has 10 heteroatoms. The van der Waals surface area contributed by atoms with E-state index in [1.807, 2.05) is 21.8 Å².